The maximum Gasteiger partial charge on any atom is 0.452 e. The molecular formula is C27H26ClF3N4O5S. The van der Waals surface area contributed by atoms with E-state index in [2.05, 4.69) is 10.2 Å². The van der Waals surface area contributed by atoms with Crippen molar-refractivity contribution in [1.29, 1.82) is 0 Å². The second-order valence-electron chi connectivity index (χ2n) is 9.73. The van der Waals surface area contributed by atoms with Gasteiger partial charge >= 0.3 is 12.1 Å². The molecule has 3 heterocycles. The van der Waals surface area contributed by atoms with E-state index in [0.717, 1.165) is 4.57 Å². The summed E-state index contributed by atoms with van der Waals surface area (Å²) in [4.78, 5) is 26.6. The lowest BCUT2D eigenvalue weighted by Gasteiger charge is -2.32. The van der Waals surface area contributed by atoms with Crippen LogP contribution in [0.3, 0.4) is 0 Å². The number of thioether (sulfide) groups is 1. The smallest absolute Gasteiger partial charge is 0.452 e. The molecule has 1 N–H and O–H groups in total. The molecule has 41 heavy (non-hydrogen) atoms. The maximum absolute atomic E-state index is 14.2. The van der Waals surface area contributed by atoms with Gasteiger partial charge in [-0.1, -0.05) is 23.7 Å². The zero-order valence-electron chi connectivity index (χ0n) is 22.0. The van der Waals surface area contributed by atoms with Crippen LogP contribution in [0.5, 0.6) is 11.5 Å². The Kier molecular flexibility index (Phi) is 8.11. The van der Waals surface area contributed by atoms with Crippen molar-refractivity contribution in [1.82, 2.24) is 19.7 Å². The van der Waals surface area contributed by atoms with Crippen LogP contribution in [0.25, 0.3) is 5.69 Å². The summed E-state index contributed by atoms with van der Waals surface area (Å²) in [6, 6.07) is 9.78. The Labute approximate surface area is 242 Å². The summed E-state index contributed by atoms with van der Waals surface area (Å²) >= 11 is 7.59. The summed E-state index contributed by atoms with van der Waals surface area (Å²) in [5.41, 5.74) is 1.22. The molecule has 1 fully saturated rings. The van der Waals surface area contributed by atoms with E-state index in [0.29, 0.717) is 47.0 Å². The van der Waals surface area contributed by atoms with Gasteiger partial charge in [-0.05, 0) is 42.7 Å². The average Bonchev–Trinajstić information content (AvgIpc) is 3.36. The number of alkyl halides is 3. The Balaban J connectivity index is 1.66. The quantitative estimate of drug-likeness (QED) is 0.387. The van der Waals surface area contributed by atoms with Gasteiger partial charge in [-0.15, -0.1) is 22.0 Å². The van der Waals surface area contributed by atoms with E-state index in [1.807, 2.05) is 0 Å². The average molecular weight is 611 g/mol. The van der Waals surface area contributed by atoms with Crippen molar-refractivity contribution in [3.63, 3.8) is 0 Å². The SMILES string of the molecule is COc1cccc([C@@H]2S[C@H](CC(=O)N3CCC[C@H](C(=O)O)C3)c3nnc(C(F)(F)F)n3-c3ccc(Cl)cc32)c1OC. The number of hydrogen-bond acceptors (Lipinski definition) is 7. The highest BCUT2D eigenvalue weighted by Gasteiger charge is 2.44. The largest absolute Gasteiger partial charge is 0.493 e. The van der Waals surface area contributed by atoms with Gasteiger partial charge in [0.25, 0.3) is 0 Å². The number of carboxylic acid groups (broad SMARTS) is 1. The fourth-order valence-corrected chi connectivity index (χ4v) is 7.04. The van der Waals surface area contributed by atoms with Crippen molar-refractivity contribution >= 4 is 35.2 Å². The maximum atomic E-state index is 14.2. The fourth-order valence-electron chi connectivity index (χ4n) is 5.35. The van der Waals surface area contributed by atoms with Gasteiger partial charge in [-0.2, -0.15) is 13.2 Å². The zero-order valence-corrected chi connectivity index (χ0v) is 23.6. The molecule has 1 amide bonds. The number of piperidine rings is 1. The molecule has 0 spiro atoms. The number of likely N-dealkylation sites (tertiary alicyclic amines) is 1. The van der Waals surface area contributed by atoms with Gasteiger partial charge in [0.2, 0.25) is 11.7 Å². The van der Waals surface area contributed by atoms with E-state index in [9.17, 15) is 27.9 Å². The number of aromatic nitrogens is 3. The van der Waals surface area contributed by atoms with Crippen molar-refractivity contribution < 1.29 is 37.3 Å². The molecular weight excluding hydrogens is 585 g/mol. The number of carboxylic acids is 1. The van der Waals surface area contributed by atoms with Gasteiger partial charge in [0.1, 0.15) is 0 Å². The first-order valence-electron chi connectivity index (χ1n) is 12.7. The Bertz CT molecular complexity index is 1480. The molecule has 2 aliphatic rings. The number of halogens is 4. The summed E-state index contributed by atoms with van der Waals surface area (Å²) in [6.45, 7) is 0.401. The minimum atomic E-state index is -4.84. The number of rotatable bonds is 6. The predicted octanol–water partition coefficient (Wildman–Crippen LogP) is 5.55. The number of nitrogens with zero attached hydrogens (tertiary/aromatic N) is 4. The van der Waals surface area contributed by atoms with E-state index in [-0.39, 0.29) is 30.4 Å². The first kappa shape index (κ1) is 29.1. The number of amides is 1. The van der Waals surface area contributed by atoms with Crippen LogP contribution in [-0.4, -0.2) is 64.0 Å². The second-order valence-corrected chi connectivity index (χ2v) is 11.5. The minimum Gasteiger partial charge on any atom is -0.493 e. The molecule has 9 nitrogen and oxygen atoms in total. The highest BCUT2D eigenvalue weighted by atomic mass is 35.5. The van der Waals surface area contributed by atoms with Gasteiger partial charge in [0.05, 0.1) is 36.3 Å². The topological polar surface area (TPSA) is 107 Å². The highest BCUT2D eigenvalue weighted by molar-refractivity contribution is 8.00. The molecule has 0 radical (unpaired) electrons. The standard InChI is InChI=1S/C27H26ClF3N4O5S/c1-39-19-7-3-6-16(22(19)40-2)23-17-11-15(28)8-9-18(17)35-24(32-33-26(35)27(29,30)31)20(41-23)12-21(36)34-10-4-5-14(13-34)25(37)38/h3,6-9,11,14,20,23H,4-5,10,12-13H2,1-2H3,(H,37,38)/t14-,20+,23-/m0/s1. The van der Waals surface area contributed by atoms with Gasteiger partial charge in [-0.3, -0.25) is 14.2 Å². The van der Waals surface area contributed by atoms with E-state index in [4.69, 9.17) is 21.1 Å². The number of para-hydroxylation sites is 1. The van der Waals surface area contributed by atoms with E-state index in [1.165, 1.54) is 43.0 Å². The third-order valence-corrected chi connectivity index (χ3v) is 8.96. The van der Waals surface area contributed by atoms with E-state index < -0.39 is 34.4 Å². The molecule has 5 rings (SSSR count). The van der Waals surface area contributed by atoms with Crippen LogP contribution >= 0.6 is 23.4 Å². The van der Waals surface area contributed by atoms with Crippen LogP contribution in [0, 0.1) is 5.92 Å². The number of hydrogen-bond donors (Lipinski definition) is 1. The van der Waals surface area contributed by atoms with Crippen LogP contribution < -0.4 is 9.47 Å². The molecule has 1 aromatic heterocycles. The molecule has 14 heteroatoms. The Morgan fingerprint density at radius 2 is 1.93 bits per heavy atom. The van der Waals surface area contributed by atoms with Crippen molar-refractivity contribution in [2.24, 2.45) is 5.92 Å². The molecule has 0 saturated carbocycles. The number of carbonyl (C=O) groups is 2. The summed E-state index contributed by atoms with van der Waals surface area (Å²) < 4.78 is 54.8. The Hall–Kier alpha value is -3.45. The van der Waals surface area contributed by atoms with Crippen LogP contribution in [0.4, 0.5) is 13.2 Å². The van der Waals surface area contributed by atoms with Gasteiger partial charge in [0.15, 0.2) is 17.3 Å². The summed E-state index contributed by atoms with van der Waals surface area (Å²) in [6.07, 6.45) is -4.09. The number of fused-ring (bicyclic) bond motifs is 3. The van der Waals surface area contributed by atoms with Gasteiger partial charge in [0, 0.05) is 30.1 Å². The lowest BCUT2D eigenvalue weighted by Crippen LogP contribution is -2.42. The minimum absolute atomic E-state index is 0.0367. The van der Waals surface area contributed by atoms with E-state index in [1.54, 1.807) is 24.3 Å². The monoisotopic (exact) mass is 610 g/mol. The van der Waals surface area contributed by atoms with E-state index >= 15 is 0 Å². The lowest BCUT2D eigenvalue weighted by atomic mass is 9.98. The summed E-state index contributed by atoms with van der Waals surface area (Å²) in [7, 11) is 2.95. The normalized spacial score (nSPS) is 20.5. The second kappa shape index (κ2) is 11.4. The number of methoxy groups -OCH3 is 2. The molecule has 0 bridgehead atoms. The number of benzene rings is 2. The highest BCUT2D eigenvalue weighted by Crippen LogP contribution is 2.54. The van der Waals surface area contributed by atoms with Crippen molar-refractivity contribution in [2.75, 3.05) is 27.3 Å². The number of aliphatic carboxylic acids is 1. The first-order chi connectivity index (χ1) is 19.5. The van der Waals surface area contributed by atoms with Crippen LogP contribution in [0.15, 0.2) is 36.4 Å². The Morgan fingerprint density at radius 3 is 2.61 bits per heavy atom. The molecule has 0 aliphatic carbocycles. The fraction of sp³-hybridized carbons (Fsp3) is 0.407. The summed E-state index contributed by atoms with van der Waals surface area (Å²) in [5, 5.41) is 15.7. The first-order valence-corrected chi connectivity index (χ1v) is 14.0. The molecule has 0 unspecified atom stereocenters. The Morgan fingerprint density at radius 1 is 1.15 bits per heavy atom. The van der Waals surface area contributed by atoms with Crippen LogP contribution in [0.2, 0.25) is 5.02 Å². The number of ether oxygens (including phenoxy) is 2. The van der Waals surface area contributed by atoms with Crippen LogP contribution in [0.1, 0.15) is 52.5 Å². The zero-order chi connectivity index (χ0) is 29.5. The van der Waals surface area contributed by atoms with Crippen molar-refractivity contribution in [3.05, 3.63) is 64.2 Å². The molecule has 3 atom stereocenters. The molecule has 3 aromatic rings. The molecule has 218 valence electrons. The van der Waals surface area contributed by atoms with Crippen LogP contribution in [-0.2, 0) is 15.8 Å². The third kappa shape index (κ3) is 5.56. The summed E-state index contributed by atoms with van der Waals surface area (Å²) in [5.74, 6) is -2.52. The molecule has 2 aromatic carbocycles. The molecule has 2 aliphatic heterocycles. The van der Waals surface area contributed by atoms with Gasteiger partial charge in [-0.25, -0.2) is 0 Å². The number of carbonyl (C=O) groups excluding carboxylic acids is 1. The van der Waals surface area contributed by atoms with Crippen molar-refractivity contribution in [3.8, 4) is 17.2 Å². The predicted molar refractivity (Wildman–Crippen MR) is 145 cm³/mol. The third-order valence-electron chi connectivity index (χ3n) is 7.24. The lowest BCUT2D eigenvalue weighted by molar-refractivity contribution is -0.146. The van der Waals surface area contributed by atoms with Gasteiger partial charge < -0.3 is 19.5 Å². The van der Waals surface area contributed by atoms with Crippen molar-refractivity contribution in [2.45, 2.75) is 35.9 Å². The molecule has 1 saturated heterocycles.